The second-order valence-electron chi connectivity index (χ2n) is 3.60. The fourth-order valence-electron chi connectivity index (χ4n) is 1.34. The average Bonchev–Trinajstić information content (AvgIpc) is 2.44. The van der Waals surface area contributed by atoms with E-state index >= 15 is 0 Å². The number of carbonyl (C=O) groups is 1. The molecular weight excluding hydrogens is 323 g/mol. The quantitative estimate of drug-likeness (QED) is 0.366. The van der Waals surface area contributed by atoms with Crippen LogP contribution >= 0.6 is 34.8 Å². The summed E-state index contributed by atoms with van der Waals surface area (Å²) in [5, 5.41) is 4.32. The molecule has 7 heteroatoms. The summed E-state index contributed by atoms with van der Waals surface area (Å²) in [4.78, 5) is 20.2. The summed E-state index contributed by atoms with van der Waals surface area (Å²) in [6, 6.07) is 8.08. The number of pyridine rings is 1. The molecule has 102 valence electrons. The normalized spacial score (nSPS) is 10.8. The molecule has 0 aliphatic rings. The van der Waals surface area contributed by atoms with E-state index in [1.54, 1.807) is 24.3 Å². The summed E-state index contributed by atoms with van der Waals surface area (Å²) in [6.07, 6.45) is 2.75. The highest BCUT2D eigenvalue weighted by atomic mass is 35.5. The van der Waals surface area contributed by atoms with Crippen molar-refractivity contribution >= 4 is 47.0 Å². The number of aromatic nitrogens is 1. The van der Waals surface area contributed by atoms with Gasteiger partial charge in [-0.25, -0.2) is 9.78 Å². The first kappa shape index (κ1) is 14.8. The zero-order valence-corrected chi connectivity index (χ0v) is 12.2. The lowest BCUT2D eigenvalue weighted by Gasteiger charge is -2.00. The van der Waals surface area contributed by atoms with Crippen LogP contribution < -0.4 is 0 Å². The molecule has 1 aromatic heterocycles. The Labute approximate surface area is 129 Å². The van der Waals surface area contributed by atoms with Crippen LogP contribution in [0.25, 0.3) is 0 Å². The Bertz CT molecular complexity index is 674. The predicted octanol–water partition coefficient (Wildman–Crippen LogP) is 4.23. The second-order valence-corrected chi connectivity index (χ2v) is 4.74. The van der Waals surface area contributed by atoms with E-state index in [0.717, 1.165) is 0 Å². The lowest BCUT2D eigenvalue weighted by Crippen LogP contribution is -2.02. The van der Waals surface area contributed by atoms with E-state index in [4.69, 9.17) is 39.6 Å². The van der Waals surface area contributed by atoms with Crippen LogP contribution in [0.5, 0.6) is 0 Å². The SMILES string of the molecule is O=C(ON=Cc1cccc(Cl)c1Cl)c1cccnc1Cl. The maximum atomic E-state index is 11.7. The molecule has 0 saturated heterocycles. The third kappa shape index (κ3) is 3.48. The number of carbonyl (C=O) groups excluding carboxylic acids is 1. The molecule has 0 fully saturated rings. The van der Waals surface area contributed by atoms with E-state index in [0.29, 0.717) is 15.6 Å². The Balaban J connectivity index is 2.09. The molecule has 0 atom stereocenters. The minimum absolute atomic E-state index is 0.0495. The molecule has 0 aliphatic carbocycles. The highest BCUT2D eigenvalue weighted by molar-refractivity contribution is 6.43. The topological polar surface area (TPSA) is 51.5 Å². The van der Waals surface area contributed by atoms with Crippen molar-refractivity contribution in [1.82, 2.24) is 4.98 Å². The Morgan fingerprint density at radius 1 is 1.20 bits per heavy atom. The van der Waals surface area contributed by atoms with Crippen molar-refractivity contribution in [2.75, 3.05) is 0 Å². The van der Waals surface area contributed by atoms with Gasteiger partial charge in [0, 0.05) is 11.8 Å². The molecule has 0 bridgehead atoms. The number of oxime groups is 1. The third-order valence-electron chi connectivity index (χ3n) is 2.29. The van der Waals surface area contributed by atoms with Gasteiger partial charge in [-0.1, -0.05) is 52.1 Å². The first-order chi connectivity index (χ1) is 9.59. The highest BCUT2D eigenvalue weighted by Crippen LogP contribution is 2.24. The van der Waals surface area contributed by atoms with E-state index in [9.17, 15) is 4.79 Å². The molecule has 0 radical (unpaired) electrons. The van der Waals surface area contributed by atoms with Gasteiger partial charge in [-0.3, -0.25) is 0 Å². The van der Waals surface area contributed by atoms with Crippen molar-refractivity contribution in [3.05, 3.63) is 62.9 Å². The maximum Gasteiger partial charge on any atom is 0.368 e. The molecule has 2 aromatic rings. The first-order valence-corrected chi connectivity index (χ1v) is 6.52. The van der Waals surface area contributed by atoms with Gasteiger partial charge in [-0.2, -0.15) is 0 Å². The summed E-state index contributed by atoms with van der Waals surface area (Å²) in [5.41, 5.74) is 0.660. The summed E-state index contributed by atoms with van der Waals surface area (Å²) >= 11 is 17.6. The number of hydrogen-bond donors (Lipinski definition) is 0. The number of halogens is 3. The van der Waals surface area contributed by atoms with Gasteiger partial charge < -0.3 is 4.84 Å². The summed E-state index contributed by atoms with van der Waals surface area (Å²) in [7, 11) is 0. The molecule has 20 heavy (non-hydrogen) atoms. The summed E-state index contributed by atoms with van der Waals surface area (Å²) < 4.78 is 0. The van der Waals surface area contributed by atoms with Gasteiger partial charge in [0.05, 0.1) is 21.8 Å². The largest absolute Gasteiger partial charge is 0.368 e. The monoisotopic (exact) mass is 328 g/mol. The van der Waals surface area contributed by atoms with Crippen LogP contribution in [0.2, 0.25) is 15.2 Å². The van der Waals surface area contributed by atoms with E-state index in [1.807, 2.05) is 0 Å². The number of nitrogens with zero attached hydrogens (tertiary/aromatic N) is 2. The molecule has 0 saturated carbocycles. The second kappa shape index (κ2) is 6.70. The Kier molecular flexibility index (Phi) is 4.95. The van der Waals surface area contributed by atoms with Crippen LogP contribution in [0, 0.1) is 0 Å². The molecule has 4 nitrogen and oxygen atoms in total. The van der Waals surface area contributed by atoms with Crippen LogP contribution in [-0.2, 0) is 4.84 Å². The summed E-state index contributed by atoms with van der Waals surface area (Å²) in [5.74, 6) is -0.711. The molecule has 0 N–H and O–H groups in total. The van der Waals surface area contributed by atoms with Gasteiger partial charge in [-0.15, -0.1) is 0 Å². The number of benzene rings is 1. The maximum absolute atomic E-state index is 11.7. The molecule has 1 aromatic carbocycles. The molecular formula is C13H7Cl3N2O2. The zero-order chi connectivity index (χ0) is 14.5. The van der Waals surface area contributed by atoms with Crippen molar-refractivity contribution in [3.8, 4) is 0 Å². The van der Waals surface area contributed by atoms with E-state index in [1.165, 1.54) is 18.5 Å². The predicted molar refractivity (Wildman–Crippen MR) is 78.7 cm³/mol. The highest BCUT2D eigenvalue weighted by Gasteiger charge is 2.12. The van der Waals surface area contributed by atoms with Gasteiger partial charge in [0.1, 0.15) is 5.15 Å². The fraction of sp³-hybridized carbons (Fsp3) is 0. The first-order valence-electron chi connectivity index (χ1n) is 5.39. The van der Waals surface area contributed by atoms with Gasteiger partial charge in [0.15, 0.2) is 0 Å². The third-order valence-corrected chi connectivity index (χ3v) is 3.42. The van der Waals surface area contributed by atoms with Crippen molar-refractivity contribution in [1.29, 1.82) is 0 Å². The molecule has 0 aliphatic heterocycles. The Morgan fingerprint density at radius 3 is 2.75 bits per heavy atom. The van der Waals surface area contributed by atoms with Gasteiger partial charge in [0.2, 0.25) is 0 Å². The van der Waals surface area contributed by atoms with Gasteiger partial charge >= 0.3 is 5.97 Å². The summed E-state index contributed by atoms with van der Waals surface area (Å²) in [6.45, 7) is 0. The molecule has 0 amide bonds. The molecule has 0 spiro atoms. The van der Waals surface area contributed by atoms with E-state index in [2.05, 4.69) is 10.1 Å². The number of rotatable bonds is 3. The van der Waals surface area contributed by atoms with Crippen LogP contribution in [-0.4, -0.2) is 17.2 Å². The minimum Gasteiger partial charge on any atom is -0.313 e. The lowest BCUT2D eigenvalue weighted by atomic mass is 10.2. The van der Waals surface area contributed by atoms with Crippen LogP contribution in [0.3, 0.4) is 0 Å². The van der Waals surface area contributed by atoms with E-state index < -0.39 is 5.97 Å². The zero-order valence-electron chi connectivity index (χ0n) is 9.89. The van der Waals surface area contributed by atoms with Gasteiger partial charge in [-0.05, 0) is 18.2 Å². The number of hydrogen-bond acceptors (Lipinski definition) is 4. The van der Waals surface area contributed by atoms with Crippen molar-refractivity contribution in [3.63, 3.8) is 0 Å². The van der Waals surface area contributed by atoms with Gasteiger partial charge in [0.25, 0.3) is 0 Å². The smallest absolute Gasteiger partial charge is 0.313 e. The molecule has 2 rings (SSSR count). The van der Waals surface area contributed by atoms with Crippen molar-refractivity contribution < 1.29 is 9.63 Å². The standard InChI is InChI=1S/C13H7Cl3N2O2/c14-10-5-1-3-8(11(10)15)7-18-20-13(19)9-4-2-6-17-12(9)16/h1-7H. The average molecular weight is 330 g/mol. The van der Waals surface area contributed by atoms with E-state index in [-0.39, 0.29) is 10.7 Å². The van der Waals surface area contributed by atoms with Crippen molar-refractivity contribution in [2.24, 2.45) is 5.16 Å². The Hall–Kier alpha value is -1.62. The molecule has 1 heterocycles. The van der Waals surface area contributed by atoms with Crippen LogP contribution in [0.15, 0.2) is 41.7 Å². The lowest BCUT2D eigenvalue weighted by molar-refractivity contribution is 0.0519. The van der Waals surface area contributed by atoms with Crippen LogP contribution in [0.1, 0.15) is 15.9 Å². The fourth-order valence-corrected chi connectivity index (χ4v) is 1.89. The van der Waals surface area contributed by atoms with Crippen LogP contribution in [0.4, 0.5) is 0 Å². The Morgan fingerprint density at radius 2 is 2.00 bits per heavy atom. The molecule has 0 unspecified atom stereocenters. The minimum atomic E-state index is -0.711. The van der Waals surface area contributed by atoms with Crippen molar-refractivity contribution in [2.45, 2.75) is 0 Å².